The van der Waals surface area contributed by atoms with E-state index in [1.165, 1.54) is 18.3 Å². The molecule has 0 radical (unpaired) electrons. The molecule has 13 heavy (non-hydrogen) atoms. The van der Waals surface area contributed by atoms with Gasteiger partial charge < -0.3 is 0 Å². The number of para-hydroxylation sites is 1. The van der Waals surface area contributed by atoms with Gasteiger partial charge in [-0.3, -0.25) is 4.55 Å². The van der Waals surface area contributed by atoms with Crippen LogP contribution in [0.4, 0.5) is 5.69 Å². The lowest BCUT2D eigenvalue weighted by Gasteiger charge is -2.09. The van der Waals surface area contributed by atoms with Crippen molar-refractivity contribution in [3.8, 4) is 6.19 Å². The van der Waals surface area contributed by atoms with Crippen molar-refractivity contribution in [1.82, 2.24) is 0 Å². The maximum atomic E-state index is 10.6. The molecule has 0 amide bonds. The maximum Gasteiger partial charge on any atom is 0.372 e. The molecular weight excluding hydrogens is 192 g/mol. The molecule has 0 aromatic heterocycles. The molecule has 68 valence electrons. The highest BCUT2D eigenvalue weighted by molar-refractivity contribution is 7.87. The zero-order valence-corrected chi connectivity index (χ0v) is 7.27. The lowest BCUT2D eigenvalue weighted by Crippen LogP contribution is -2.24. The Morgan fingerprint density at radius 2 is 1.85 bits per heavy atom. The van der Waals surface area contributed by atoms with Gasteiger partial charge in [0.15, 0.2) is 0 Å². The lowest BCUT2D eigenvalue weighted by molar-refractivity contribution is 0.483. The van der Waals surface area contributed by atoms with E-state index in [-0.39, 0.29) is 9.99 Å². The molecule has 0 atom stereocenters. The van der Waals surface area contributed by atoms with Crippen LogP contribution in [0.25, 0.3) is 0 Å². The van der Waals surface area contributed by atoms with E-state index in [0.29, 0.717) is 0 Å². The molecule has 1 rings (SSSR count). The third kappa shape index (κ3) is 2.18. The molecule has 1 aromatic carbocycles. The number of rotatable bonds is 2. The Morgan fingerprint density at radius 3 is 2.23 bits per heavy atom. The largest absolute Gasteiger partial charge is 0.372 e. The molecule has 0 fully saturated rings. The van der Waals surface area contributed by atoms with Gasteiger partial charge in [0.1, 0.15) is 0 Å². The van der Waals surface area contributed by atoms with Crippen molar-refractivity contribution in [2.24, 2.45) is 0 Å². The van der Waals surface area contributed by atoms with E-state index in [1.54, 1.807) is 18.2 Å². The Bertz CT molecular complexity index is 421. The highest BCUT2D eigenvalue weighted by Gasteiger charge is 2.18. The standard InChI is InChI=1S/C7H6N2O3S/c8-6-9(13(10,11)12)7-4-2-1-3-5-7/h1-5H,(H,10,11,12). The summed E-state index contributed by atoms with van der Waals surface area (Å²) in [4.78, 5) is 0. The fourth-order valence-corrected chi connectivity index (χ4v) is 1.30. The van der Waals surface area contributed by atoms with E-state index in [2.05, 4.69) is 0 Å². The summed E-state index contributed by atoms with van der Waals surface area (Å²) in [6, 6.07) is 7.59. The van der Waals surface area contributed by atoms with Crippen LogP contribution in [-0.4, -0.2) is 13.0 Å². The van der Waals surface area contributed by atoms with Gasteiger partial charge in [-0.05, 0) is 12.1 Å². The van der Waals surface area contributed by atoms with E-state index < -0.39 is 10.3 Å². The van der Waals surface area contributed by atoms with Crippen molar-refractivity contribution in [3.05, 3.63) is 30.3 Å². The van der Waals surface area contributed by atoms with Crippen LogP contribution in [0.3, 0.4) is 0 Å². The molecule has 0 saturated heterocycles. The van der Waals surface area contributed by atoms with Gasteiger partial charge in [-0.25, -0.2) is 0 Å². The van der Waals surface area contributed by atoms with E-state index >= 15 is 0 Å². The predicted octanol–water partition coefficient (Wildman–Crippen LogP) is 0.777. The second-order valence-corrected chi connectivity index (χ2v) is 3.44. The lowest BCUT2D eigenvalue weighted by atomic mass is 10.3. The molecule has 0 spiro atoms. The van der Waals surface area contributed by atoms with E-state index in [1.807, 2.05) is 0 Å². The fraction of sp³-hybridized carbons (Fsp3) is 0. The minimum absolute atomic E-state index is 0.104. The molecule has 0 unspecified atom stereocenters. The molecule has 1 N–H and O–H groups in total. The first-order valence-electron chi connectivity index (χ1n) is 3.28. The average Bonchev–Trinajstić information content (AvgIpc) is 2.05. The van der Waals surface area contributed by atoms with E-state index in [0.717, 1.165) is 0 Å². The third-order valence-corrected chi connectivity index (χ3v) is 2.07. The maximum absolute atomic E-state index is 10.6. The summed E-state index contributed by atoms with van der Waals surface area (Å²) < 4.78 is 30.1. The Kier molecular flexibility index (Phi) is 2.51. The number of anilines is 1. The molecule has 0 aliphatic heterocycles. The zero-order valence-electron chi connectivity index (χ0n) is 6.45. The molecule has 5 nitrogen and oxygen atoms in total. The first-order valence-corrected chi connectivity index (χ1v) is 4.68. The summed E-state index contributed by atoms with van der Waals surface area (Å²) in [7, 11) is -4.50. The van der Waals surface area contributed by atoms with Crippen LogP contribution in [0.2, 0.25) is 0 Å². The topological polar surface area (TPSA) is 81.4 Å². The Hall–Kier alpha value is -1.58. The van der Waals surface area contributed by atoms with Gasteiger partial charge in [-0.15, -0.1) is 0 Å². The predicted molar refractivity (Wildman–Crippen MR) is 46.1 cm³/mol. The third-order valence-electron chi connectivity index (χ3n) is 1.31. The van der Waals surface area contributed by atoms with Crippen molar-refractivity contribution in [2.45, 2.75) is 0 Å². The molecular formula is C7H6N2O3S. The van der Waals surface area contributed by atoms with Gasteiger partial charge in [-0.2, -0.15) is 18.0 Å². The number of hydrogen-bond donors (Lipinski definition) is 1. The summed E-state index contributed by atoms with van der Waals surface area (Å²) in [5.74, 6) is 0. The summed E-state index contributed by atoms with van der Waals surface area (Å²) in [6.45, 7) is 0. The highest BCUT2D eigenvalue weighted by atomic mass is 32.2. The van der Waals surface area contributed by atoms with Crippen LogP contribution in [0.15, 0.2) is 30.3 Å². The molecule has 1 aromatic rings. The van der Waals surface area contributed by atoms with Gasteiger partial charge in [0.2, 0.25) is 6.19 Å². The first kappa shape index (κ1) is 9.51. The van der Waals surface area contributed by atoms with Crippen molar-refractivity contribution >= 4 is 16.0 Å². The summed E-state index contributed by atoms with van der Waals surface area (Å²) in [5.41, 5.74) is 0.104. The zero-order chi connectivity index (χ0) is 9.90. The smallest absolute Gasteiger partial charge is 0.268 e. The Morgan fingerprint density at radius 1 is 1.31 bits per heavy atom. The highest BCUT2D eigenvalue weighted by Crippen LogP contribution is 2.14. The van der Waals surface area contributed by atoms with Crippen LogP contribution in [0, 0.1) is 11.5 Å². The van der Waals surface area contributed by atoms with Crippen LogP contribution in [0.5, 0.6) is 0 Å². The van der Waals surface area contributed by atoms with Gasteiger partial charge in [0.05, 0.1) is 5.69 Å². The molecule has 0 heterocycles. The molecule has 0 aliphatic carbocycles. The van der Waals surface area contributed by atoms with Gasteiger partial charge in [0.25, 0.3) is 0 Å². The molecule has 0 aliphatic rings. The summed E-state index contributed by atoms with van der Waals surface area (Å²) >= 11 is 0. The SMILES string of the molecule is N#CN(c1ccccc1)S(=O)(=O)O. The van der Waals surface area contributed by atoms with Crippen molar-refractivity contribution in [2.75, 3.05) is 4.31 Å². The van der Waals surface area contributed by atoms with Crippen molar-refractivity contribution in [3.63, 3.8) is 0 Å². The molecule has 0 bridgehead atoms. The van der Waals surface area contributed by atoms with Crippen LogP contribution in [-0.2, 0) is 10.3 Å². The van der Waals surface area contributed by atoms with Crippen LogP contribution in [0.1, 0.15) is 0 Å². The van der Waals surface area contributed by atoms with E-state index in [4.69, 9.17) is 9.81 Å². The van der Waals surface area contributed by atoms with Gasteiger partial charge in [-0.1, -0.05) is 18.2 Å². The molecule has 6 heteroatoms. The van der Waals surface area contributed by atoms with E-state index in [9.17, 15) is 8.42 Å². The number of benzene rings is 1. The normalized spacial score (nSPS) is 10.5. The quantitative estimate of drug-likeness (QED) is 0.432. The summed E-state index contributed by atoms with van der Waals surface area (Å²) in [6.07, 6.45) is 1.35. The van der Waals surface area contributed by atoms with Gasteiger partial charge >= 0.3 is 10.3 Å². The second-order valence-electron chi connectivity index (χ2n) is 2.18. The monoisotopic (exact) mass is 198 g/mol. The van der Waals surface area contributed by atoms with Gasteiger partial charge in [0, 0.05) is 0 Å². The number of hydrogen-bond acceptors (Lipinski definition) is 3. The average molecular weight is 198 g/mol. The number of nitrogens with zero attached hydrogens (tertiary/aromatic N) is 2. The Balaban J connectivity index is 3.16. The summed E-state index contributed by atoms with van der Waals surface area (Å²) in [5, 5.41) is 8.45. The minimum Gasteiger partial charge on any atom is -0.268 e. The van der Waals surface area contributed by atoms with Crippen LogP contribution < -0.4 is 4.31 Å². The van der Waals surface area contributed by atoms with Crippen molar-refractivity contribution in [1.29, 1.82) is 5.26 Å². The first-order chi connectivity index (χ1) is 6.05. The minimum atomic E-state index is -4.50. The van der Waals surface area contributed by atoms with Crippen molar-refractivity contribution < 1.29 is 13.0 Å². The Labute approximate surface area is 75.7 Å². The number of nitriles is 1. The molecule has 0 saturated carbocycles. The second kappa shape index (κ2) is 3.43. The fourth-order valence-electron chi connectivity index (χ4n) is 0.806. The van der Waals surface area contributed by atoms with Crippen LogP contribution >= 0.6 is 0 Å².